The highest BCUT2D eigenvalue weighted by atomic mass is 16.2. The van der Waals surface area contributed by atoms with Crippen LogP contribution in [0, 0.1) is 0 Å². The number of hydrogen-bond donors (Lipinski definition) is 0. The number of hydrogen-bond acceptors (Lipinski definition) is 3. The lowest BCUT2D eigenvalue weighted by atomic mass is 10.0. The molecule has 5 heteroatoms. The zero-order valence-electron chi connectivity index (χ0n) is 12.8. The van der Waals surface area contributed by atoms with Crippen molar-refractivity contribution < 1.29 is 4.79 Å². The molecule has 1 aliphatic rings. The molecule has 4 rings (SSSR count). The first-order chi connectivity index (χ1) is 11.2. The molecule has 1 aromatic heterocycles. The third kappa shape index (κ3) is 2.30. The van der Waals surface area contributed by atoms with Gasteiger partial charge in [0, 0.05) is 23.7 Å². The summed E-state index contributed by atoms with van der Waals surface area (Å²) < 4.78 is 1.65. The molecule has 23 heavy (non-hydrogen) atoms. The van der Waals surface area contributed by atoms with E-state index in [1.165, 1.54) is 11.9 Å². The number of aromatic nitrogens is 3. The van der Waals surface area contributed by atoms with E-state index in [9.17, 15) is 4.79 Å². The van der Waals surface area contributed by atoms with Gasteiger partial charge in [0.05, 0.1) is 5.69 Å². The van der Waals surface area contributed by atoms with Gasteiger partial charge in [-0.3, -0.25) is 4.79 Å². The van der Waals surface area contributed by atoms with Crippen LogP contribution in [0.15, 0.2) is 61.2 Å². The maximum absolute atomic E-state index is 13.0. The molecule has 2 aromatic carbocycles. The Morgan fingerprint density at radius 2 is 2.04 bits per heavy atom. The minimum Gasteiger partial charge on any atom is -0.307 e. The van der Waals surface area contributed by atoms with Crippen LogP contribution in [0.4, 0.5) is 5.69 Å². The molecule has 1 amide bonds. The topological polar surface area (TPSA) is 51.0 Å². The van der Waals surface area contributed by atoms with Crippen LogP contribution in [-0.4, -0.2) is 27.2 Å². The van der Waals surface area contributed by atoms with E-state index in [1.54, 1.807) is 11.0 Å². The smallest absolute Gasteiger partial charge is 0.258 e. The average molecular weight is 304 g/mol. The molecule has 5 nitrogen and oxygen atoms in total. The molecule has 0 bridgehead atoms. The summed E-state index contributed by atoms with van der Waals surface area (Å²) in [6, 6.07) is 15.6. The number of carbonyl (C=O) groups is 1. The highest BCUT2D eigenvalue weighted by molar-refractivity contribution is 6.07. The van der Waals surface area contributed by atoms with Gasteiger partial charge in [-0.2, -0.15) is 5.10 Å². The minimum absolute atomic E-state index is 0.0174. The van der Waals surface area contributed by atoms with E-state index < -0.39 is 0 Å². The molecule has 0 aliphatic carbocycles. The Bertz CT molecular complexity index is 857. The van der Waals surface area contributed by atoms with Gasteiger partial charge < -0.3 is 4.90 Å². The van der Waals surface area contributed by atoms with E-state index in [4.69, 9.17) is 0 Å². The van der Waals surface area contributed by atoms with Gasteiger partial charge in [-0.05, 0) is 29.8 Å². The van der Waals surface area contributed by atoms with Gasteiger partial charge in [-0.15, -0.1) is 0 Å². The van der Waals surface area contributed by atoms with Crippen LogP contribution in [0.25, 0.3) is 5.69 Å². The molecule has 1 aliphatic heterocycles. The Morgan fingerprint density at radius 1 is 1.17 bits per heavy atom. The number of carbonyl (C=O) groups excluding carboxylic acids is 1. The molecule has 1 unspecified atom stereocenters. The number of rotatable bonds is 2. The Balaban J connectivity index is 1.70. The van der Waals surface area contributed by atoms with E-state index in [0.29, 0.717) is 18.0 Å². The normalized spacial score (nSPS) is 16.4. The molecule has 0 saturated heterocycles. The summed E-state index contributed by atoms with van der Waals surface area (Å²) in [4.78, 5) is 18.8. The van der Waals surface area contributed by atoms with Crippen LogP contribution in [-0.2, 0) is 0 Å². The largest absolute Gasteiger partial charge is 0.307 e. The summed E-state index contributed by atoms with van der Waals surface area (Å²) in [6.45, 7) is 2.86. The van der Waals surface area contributed by atoms with E-state index in [2.05, 4.69) is 23.1 Å². The van der Waals surface area contributed by atoms with E-state index in [-0.39, 0.29) is 5.91 Å². The number of benzene rings is 2. The second kappa shape index (κ2) is 5.35. The monoisotopic (exact) mass is 304 g/mol. The van der Waals surface area contributed by atoms with Gasteiger partial charge in [0.25, 0.3) is 5.91 Å². The Hall–Kier alpha value is -2.95. The second-order valence-electron chi connectivity index (χ2n) is 5.77. The molecule has 0 fully saturated rings. The minimum atomic E-state index is 0.0174. The van der Waals surface area contributed by atoms with Gasteiger partial charge in [-0.25, -0.2) is 9.67 Å². The van der Waals surface area contributed by atoms with E-state index >= 15 is 0 Å². The van der Waals surface area contributed by atoms with Gasteiger partial charge in [-0.1, -0.05) is 31.2 Å². The van der Waals surface area contributed by atoms with Gasteiger partial charge in [0.1, 0.15) is 12.7 Å². The third-order valence-corrected chi connectivity index (χ3v) is 4.24. The fourth-order valence-electron chi connectivity index (χ4n) is 3.09. The number of amides is 1. The lowest BCUT2D eigenvalue weighted by molar-refractivity contribution is 0.0988. The number of para-hydroxylation sites is 1. The summed E-state index contributed by atoms with van der Waals surface area (Å²) >= 11 is 0. The summed E-state index contributed by atoms with van der Waals surface area (Å²) in [6.07, 6.45) is 3.10. The van der Waals surface area contributed by atoms with Gasteiger partial charge in [0.15, 0.2) is 0 Å². The maximum atomic E-state index is 13.0. The Labute approximate surface area is 134 Å². The van der Waals surface area contributed by atoms with Crippen molar-refractivity contribution in [1.29, 1.82) is 0 Å². The molecule has 0 radical (unpaired) electrons. The third-order valence-electron chi connectivity index (χ3n) is 4.24. The molecule has 0 spiro atoms. The standard InChI is InChI=1S/C18H16N4O/c1-13-10-21(17-8-3-2-7-16(13)17)18(23)14-5-4-6-15(9-14)22-12-19-11-20-22/h2-9,11-13H,10H2,1H3. The molecule has 3 aromatic rings. The number of fused-ring (bicyclic) bond motifs is 1. The predicted octanol–water partition coefficient (Wildman–Crippen LogP) is 3.03. The van der Waals surface area contributed by atoms with Crippen LogP contribution in [0.1, 0.15) is 28.8 Å². The van der Waals surface area contributed by atoms with E-state index in [1.807, 2.05) is 47.4 Å². The molecular weight excluding hydrogens is 288 g/mol. The predicted molar refractivity (Wildman–Crippen MR) is 87.9 cm³/mol. The van der Waals surface area contributed by atoms with Crippen molar-refractivity contribution in [3.8, 4) is 5.69 Å². The highest BCUT2D eigenvalue weighted by Crippen LogP contribution is 2.36. The molecular formula is C18H16N4O. The van der Waals surface area contributed by atoms with Crippen LogP contribution in [0.5, 0.6) is 0 Å². The van der Waals surface area contributed by atoms with Crippen molar-refractivity contribution in [1.82, 2.24) is 14.8 Å². The van der Waals surface area contributed by atoms with Crippen molar-refractivity contribution in [3.63, 3.8) is 0 Å². The van der Waals surface area contributed by atoms with Crippen molar-refractivity contribution in [2.24, 2.45) is 0 Å². The fraction of sp³-hybridized carbons (Fsp3) is 0.167. The maximum Gasteiger partial charge on any atom is 0.258 e. The van der Waals surface area contributed by atoms with Crippen molar-refractivity contribution in [2.75, 3.05) is 11.4 Å². The SMILES string of the molecule is CC1CN(C(=O)c2cccc(-n3cncn3)c2)c2ccccc21. The Morgan fingerprint density at radius 3 is 2.87 bits per heavy atom. The molecule has 0 saturated carbocycles. The first-order valence-corrected chi connectivity index (χ1v) is 7.60. The highest BCUT2D eigenvalue weighted by Gasteiger charge is 2.30. The van der Waals surface area contributed by atoms with Crippen LogP contribution in [0.2, 0.25) is 0 Å². The first kappa shape index (κ1) is 13.7. The zero-order valence-corrected chi connectivity index (χ0v) is 12.8. The molecule has 2 heterocycles. The lowest BCUT2D eigenvalue weighted by Gasteiger charge is -2.18. The quantitative estimate of drug-likeness (QED) is 0.731. The molecule has 0 N–H and O–H groups in total. The van der Waals surface area contributed by atoms with Crippen molar-refractivity contribution in [2.45, 2.75) is 12.8 Å². The van der Waals surface area contributed by atoms with Crippen molar-refractivity contribution in [3.05, 3.63) is 72.3 Å². The van der Waals surface area contributed by atoms with Crippen molar-refractivity contribution >= 4 is 11.6 Å². The van der Waals surface area contributed by atoms with E-state index in [0.717, 1.165) is 11.4 Å². The fourth-order valence-corrected chi connectivity index (χ4v) is 3.09. The van der Waals surface area contributed by atoms with Crippen LogP contribution >= 0.6 is 0 Å². The zero-order chi connectivity index (χ0) is 15.8. The average Bonchev–Trinajstić information content (AvgIpc) is 3.23. The number of anilines is 1. The Kier molecular flexibility index (Phi) is 3.19. The van der Waals surface area contributed by atoms with Gasteiger partial charge >= 0.3 is 0 Å². The van der Waals surface area contributed by atoms with Crippen LogP contribution in [0.3, 0.4) is 0 Å². The molecule has 1 atom stereocenters. The summed E-state index contributed by atoms with van der Waals surface area (Å²) in [5.41, 5.74) is 3.72. The lowest BCUT2D eigenvalue weighted by Crippen LogP contribution is -2.29. The van der Waals surface area contributed by atoms with Gasteiger partial charge in [0.2, 0.25) is 0 Å². The number of nitrogens with zero attached hydrogens (tertiary/aromatic N) is 4. The first-order valence-electron chi connectivity index (χ1n) is 7.60. The molecule has 114 valence electrons. The summed E-state index contributed by atoms with van der Waals surface area (Å²) in [5, 5.41) is 4.11. The van der Waals surface area contributed by atoms with Crippen LogP contribution < -0.4 is 4.90 Å². The summed E-state index contributed by atoms with van der Waals surface area (Å²) in [7, 11) is 0. The second-order valence-corrected chi connectivity index (χ2v) is 5.77. The summed E-state index contributed by atoms with van der Waals surface area (Å²) in [5.74, 6) is 0.373.